The predicted molar refractivity (Wildman–Crippen MR) is 145 cm³/mol. The molecule has 0 aliphatic carbocycles. The molecule has 3 heterocycles. The van der Waals surface area contributed by atoms with Crippen LogP contribution in [-0.2, 0) is 11.2 Å². The lowest BCUT2D eigenvalue weighted by Gasteiger charge is -2.10. The number of hydrogen-bond acceptors (Lipinski definition) is 6. The lowest BCUT2D eigenvalue weighted by Crippen LogP contribution is -2.25. The van der Waals surface area contributed by atoms with Gasteiger partial charge in [0.2, 0.25) is 0 Å². The fourth-order valence-corrected chi connectivity index (χ4v) is 5.23. The van der Waals surface area contributed by atoms with E-state index in [-0.39, 0.29) is 11.8 Å². The lowest BCUT2D eigenvalue weighted by atomic mass is 10.1. The average Bonchev–Trinajstić information content (AvgIpc) is 3.50. The van der Waals surface area contributed by atoms with Crippen LogP contribution < -0.4 is 10.6 Å². The highest BCUT2D eigenvalue weighted by molar-refractivity contribution is 8.18. The second-order valence-corrected chi connectivity index (χ2v) is 10.2. The second-order valence-electron chi connectivity index (χ2n) is 7.69. The fourth-order valence-electron chi connectivity index (χ4n) is 3.53. The number of pyridine rings is 1. The van der Waals surface area contributed by atoms with Crippen LogP contribution in [0.2, 0.25) is 5.02 Å². The number of nitrogens with zero attached hydrogens (tertiary/aromatic N) is 2. The van der Waals surface area contributed by atoms with Crippen LogP contribution in [0.3, 0.4) is 0 Å². The molecular weight excluding hydrogens is 500 g/mol. The molecule has 174 valence electrons. The number of amidine groups is 1. The largest absolute Gasteiger partial charge is 0.352 e. The van der Waals surface area contributed by atoms with Gasteiger partial charge in [0.05, 0.1) is 21.1 Å². The summed E-state index contributed by atoms with van der Waals surface area (Å²) >= 11 is 9.24. The second kappa shape index (κ2) is 10.4. The molecule has 0 fully saturated rings. The average molecular weight is 519 g/mol. The zero-order valence-electron chi connectivity index (χ0n) is 18.3. The smallest absolute Gasteiger partial charge is 0.286 e. The van der Waals surface area contributed by atoms with Gasteiger partial charge in [-0.25, -0.2) is 0 Å². The number of carbonyl (C=O) groups excluding carboxylic acids is 2. The topological polar surface area (TPSA) is 83.5 Å². The van der Waals surface area contributed by atoms with E-state index in [0.29, 0.717) is 32.9 Å². The molecular formula is C26H19ClN4O2S2. The highest BCUT2D eigenvalue weighted by atomic mass is 35.5. The Morgan fingerprint density at radius 2 is 2.00 bits per heavy atom. The normalized spacial score (nSPS) is 14.4. The van der Waals surface area contributed by atoms with Crippen molar-refractivity contribution < 1.29 is 9.59 Å². The van der Waals surface area contributed by atoms with Crippen molar-refractivity contribution in [3.63, 3.8) is 0 Å². The zero-order chi connectivity index (χ0) is 24.2. The summed E-state index contributed by atoms with van der Waals surface area (Å²) in [7, 11) is 0. The van der Waals surface area contributed by atoms with Gasteiger partial charge in [-0.3, -0.25) is 14.6 Å². The molecule has 2 amide bonds. The zero-order valence-corrected chi connectivity index (χ0v) is 20.7. The molecule has 2 aromatic heterocycles. The molecule has 9 heteroatoms. The van der Waals surface area contributed by atoms with Gasteiger partial charge in [-0.15, -0.1) is 11.3 Å². The number of anilines is 1. The van der Waals surface area contributed by atoms with Crippen molar-refractivity contribution in [2.45, 2.75) is 6.42 Å². The standard InChI is InChI=1S/C26H19ClN4O2S2/c27-20-7-6-18(24(32)29-11-9-19-4-2-12-34-19)15-22(20)30-26-31-25(33)23(35-26)14-16-5-8-21-17(13-16)3-1-10-28-21/h1-8,10,12-15H,9,11H2,(H,29,32)(H,30,31,33)/b23-14-. The van der Waals surface area contributed by atoms with E-state index in [4.69, 9.17) is 11.6 Å². The molecule has 35 heavy (non-hydrogen) atoms. The van der Waals surface area contributed by atoms with Crippen LogP contribution in [0, 0.1) is 0 Å². The van der Waals surface area contributed by atoms with Gasteiger partial charge < -0.3 is 10.6 Å². The Morgan fingerprint density at radius 3 is 2.86 bits per heavy atom. The van der Waals surface area contributed by atoms with Crippen LogP contribution in [0.5, 0.6) is 0 Å². The molecule has 2 aromatic carbocycles. The molecule has 4 aromatic rings. The molecule has 0 radical (unpaired) electrons. The van der Waals surface area contributed by atoms with Gasteiger partial charge in [0.1, 0.15) is 0 Å². The molecule has 0 bridgehead atoms. The summed E-state index contributed by atoms with van der Waals surface area (Å²) in [5.41, 5.74) is 2.76. The number of aliphatic imine (C=N–C) groups is 1. The first-order chi connectivity index (χ1) is 17.0. The van der Waals surface area contributed by atoms with Gasteiger partial charge in [-0.1, -0.05) is 29.8 Å². The fraction of sp³-hybridized carbons (Fsp3) is 0.0769. The molecule has 0 atom stereocenters. The number of amides is 2. The van der Waals surface area contributed by atoms with E-state index < -0.39 is 0 Å². The quantitative estimate of drug-likeness (QED) is 0.306. The van der Waals surface area contributed by atoms with Crippen LogP contribution in [0.15, 0.2) is 82.1 Å². The molecule has 5 rings (SSSR count). The maximum absolute atomic E-state index is 12.6. The number of nitrogens with one attached hydrogen (secondary N) is 2. The molecule has 0 saturated carbocycles. The Morgan fingerprint density at radius 1 is 1.09 bits per heavy atom. The number of benzene rings is 2. The van der Waals surface area contributed by atoms with E-state index in [1.807, 2.05) is 47.8 Å². The molecule has 0 spiro atoms. The highest BCUT2D eigenvalue weighted by Crippen LogP contribution is 2.32. The molecule has 6 nitrogen and oxygen atoms in total. The summed E-state index contributed by atoms with van der Waals surface area (Å²) in [5.74, 6) is -0.521. The van der Waals surface area contributed by atoms with Gasteiger partial charge in [0.15, 0.2) is 5.17 Å². The summed E-state index contributed by atoms with van der Waals surface area (Å²) in [4.78, 5) is 35.2. The van der Waals surface area contributed by atoms with Crippen molar-refractivity contribution >= 4 is 74.3 Å². The van der Waals surface area contributed by atoms with Gasteiger partial charge in [0, 0.05) is 28.6 Å². The summed E-state index contributed by atoms with van der Waals surface area (Å²) < 4.78 is 0. The minimum absolute atomic E-state index is 0.190. The van der Waals surface area contributed by atoms with Gasteiger partial charge in [-0.05, 0) is 77.7 Å². The first-order valence-corrected chi connectivity index (χ1v) is 12.9. The minimum Gasteiger partial charge on any atom is -0.352 e. The van der Waals surface area contributed by atoms with Gasteiger partial charge in [-0.2, -0.15) is 4.99 Å². The van der Waals surface area contributed by atoms with Crippen LogP contribution >= 0.6 is 34.7 Å². The number of carbonyl (C=O) groups is 2. The van der Waals surface area contributed by atoms with Gasteiger partial charge in [0.25, 0.3) is 11.8 Å². The maximum Gasteiger partial charge on any atom is 0.286 e. The summed E-state index contributed by atoms with van der Waals surface area (Å²) in [5, 5.41) is 9.86. The van der Waals surface area contributed by atoms with E-state index in [1.165, 1.54) is 16.6 Å². The third kappa shape index (κ3) is 5.62. The molecule has 1 aliphatic rings. The van der Waals surface area contributed by atoms with E-state index in [9.17, 15) is 9.59 Å². The Labute approximate surface area is 215 Å². The predicted octanol–water partition coefficient (Wildman–Crippen LogP) is 6.00. The monoisotopic (exact) mass is 518 g/mol. The SMILES string of the molecule is O=C1N=C(Nc2cc(C(=O)NCCc3cccs3)ccc2Cl)S/C1=C\c1ccc2ncccc2c1. The van der Waals surface area contributed by atoms with Crippen molar-refractivity contribution in [2.75, 3.05) is 11.9 Å². The van der Waals surface area contributed by atoms with E-state index >= 15 is 0 Å². The van der Waals surface area contributed by atoms with Crippen LogP contribution in [0.25, 0.3) is 17.0 Å². The number of halogens is 1. The van der Waals surface area contributed by atoms with E-state index in [1.54, 1.807) is 41.8 Å². The van der Waals surface area contributed by atoms with E-state index in [0.717, 1.165) is 22.9 Å². The summed E-state index contributed by atoms with van der Waals surface area (Å²) in [6, 6.07) is 18.7. The third-order valence-electron chi connectivity index (χ3n) is 5.25. The minimum atomic E-state index is -0.331. The Kier molecular flexibility index (Phi) is 6.94. The molecule has 0 unspecified atom stereocenters. The number of hydrogen-bond donors (Lipinski definition) is 2. The maximum atomic E-state index is 12.6. The van der Waals surface area contributed by atoms with Crippen molar-refractivity contribution in [3.05, 3.63) is 98.2 Å². The molecule has 0 saturated heterocycles. The summed E-state index contributed by atoms with van der Waals surface area (Å²) in [6.07, 6.45) is 4.33. The van der Waals surface area contributed by atoms with Crippen molar-refractivity contribution in [3.8, 4) is 0 Å². The Bertz CT molecular complexity index is 1480. The Balaban J connectivity index is 1.25. The Hall–Kier alpha value is -3.46. The number of fused-ring (bicyclic) bond motifs is 1. The van der Waals surface area contributed by atoms with Crippen molar-refractivity contribution in [2.24, 2.45) is 4.99 Å². The van der Waals surface area contributed by atoms with E-state index in [2.05, 4.69) is 20.6 Å². The highest BCUT2D eigenvalue weighted by Gasteiger charge is 2.23. The molecule has 1 aliphatic heterocycles. The van der Waals surface area contributed by atoms with Crippen LogP contribution in [0.4, 0.5) is 5.69 Å². The first-order valence-electron chi connectivity index (χ1n) is 10.8. The van der Waals surface area contributed by atoms with Gasteiger partial charge >= 0.3 is 0 Å². The first kappa shape index (κ1) is 23.3. The number of rotatable bonds is 6. The van der Waals surface area contributed by atoms with Crippen LogP contribution in [0.1, 0.15) is 20.8 Å². The third-order valence-corrected chi connectivity index (χ3v) is 7.42. The summed E-state index contributed by atoms with van der Waals surface area (Å²) in [6.45, 7) is 0.542. The van der Waals surface area contributed by atoms with Crippen molar-refractivity contribution in [1.82, 2.24) is 10.3 Å². The lowest BCUT2D eigenvalue weighted by molar-refractivity contribution is -0.113. The number of thiophene rings is 1. The number of thioether (sulfide) groups is 1. The van der Waals surface area contributed by atoms with Crippen molar-refractivity contribution in [1.29, 1.82) is 0 Å². The number of aromatic nitrogens is 1. The molecule has 2 N–H and O–H groups in total. The van der Waals surface area contributed by atoms with Crippen LogP contribution in [-0.4, -0.2) is 28.5 Å².